The van der Waals surface area contributed by atoms with Crippen LogP contribution < -0.4 is 9.64 Å². The third-order valence-corrected chi connectivity index (χ3v) is 8.80. The van der Waals surface area contributed by atoms with Crippen LogP contribution in [0.1, 0.15) is 64.7 Å². The summed E-state index contributed by atoms with van der Waals surface area (Å²) in [6.07, 6.45) is 2.83. The molecule has 2 aliphatic heterocycles. The van der Waals surface area contributed by atoms with Crippen LogP contribution >= 0.6 is 0 Å². The summed E-state index contributed by atoms with van der Waals surface area (Å²) in [6.45, 7) is 17.9. The van der Waals surface area contributed by atoms with E-state index in [0.717, 1.165) is 45.6 Å². The predicted octanol–water partition coefficient (Wildman–Crippen LogP) is 3.91. The largest absolute Gasteiger partial charge is 0.434 e. The lowest BCUT2D eigenvalue weighted by molar-refractivity contribution is -0.0480. The molecule has 0 unspecified atom stereocenters. The van der Waals surface area contributed by atoms with E-state index >= 15 is 0 Å². The lowest BCUT2D eigenvalue weighted by Crippen LogP contribution is -2.62. The number of rotatable bonds is 13. The van der Waals surface area contributed by atoms with Gasteiger partial charge in [-0.05, 0) is 71.3 Å². The summed E-state index contributed by atoms with van der Waals surface area (Å²) in [6, 6.07) is 4.22. The van der Waals surface area contributed by atoms with Crippen molar-refractivity contribution in [1.82, 2.24) is 29.9 Å². The number of carbonyl (C=O) groups is 1. The molecular formula is C31H48FN7O3. The maximum absolute atomic E-state index is 14.3. The summed E-state index contributed by atoms with van der Waals surface area (Å²) in [5.74, 6) is 0.615. The number of aromatic nitrogens is 3. The Morgan fingerprint density at radius 2 is 1.90 bits per heavy atom. The second-order valence-corrected chi connectivity index (χ2v) is 12.6. The predicted molar refractivity (Wildman–Crippen MR) is 161 cm³/mol. The number of carbonyl (C=O) groups excluding carboxylic acids is 1. The molecule has 1 aromatic carbocycles. The zero-order valence-electron chi connectivity index (χ0n) is 26.3. The Bertz CT molecular complexity index is 1210. The number of likely N-dealkylation sites (tertiary alicyclic amines) is 1. The number of anilines is 1. The molecule has 4 rings (SSSR count). The number of hydrogen-bond donors (Lipinski definition) is 1. The van der Waals surface area contributed by atoms with E-state index in [9.17, 15) is 14.3 Å². The second-order valence-electron chi connectivity index (χ2n) is 12.6. The summed E-state index contributed by atoms with van der Waals surface area (Å²) < 4.78 is 20.4. The van der Waals surface area contributed by atoms with Crippen molar-refractivity contribution in [3.63, 3.8) is 0 Å². The molecule has 42 heavy (non-hydrogen) atoms. The lowest BCUT2D eigenvalue weighted by atomic mass is 9.76. The van der Waals surface area contributed by atoms with Gasteiger partial charge < -0.3 is 24.5 Å². The van der Waals surface area contributed by atoms with Crippen LogP contribution in [0.5, 0.6) is 11.6 Å². The molecule has 10 nitrogen and oxygen atoms in total. The summed E-state index contributed by atoms with van der Waals surface area (Å²) in [7, 11) is 2.04. The van der Waals surface area contributed by atoms with E-state index in [-0.39, 0.29) is 40.7 Å². The molecule has 3 heterocycles. The highest BCUT2D eigenvalue weighted by Gasteiger charge is 2.50. The monoisotopic (exact) mass is 585 g/mol. The fourth-order valence-electron chi connectivity index (χ4n) is 6.41. The molecule has 1 amide bonds. The van der Waals surface area contributed by atoms with Gasteiger partial charge in [0.1, 0.15) is 17.9 Å². The maximum atomic E-state index is 14.3. The minimum Gasteiger partial charge on any atom is -0.434 e. The first kappa shape index (κ1) is 32.0. The number of amides is 1. The van der Waals surface area contributed by atoms with Crippen LogP contribution in [0, 0.1) is 17.2 Å². The van der Waals surface area contributed by atoms with Crippen molar-refractivity contribution in [2.75, 3.05) is 57.8 Å². The van der Waals surface area contributed by atoms with Crippen LogP contribution in [0.15, 0.2) is 24.5 Å². The molecule has 11 heteroatoms. The number of halogens is 1. The van der Waals surface area contributed by atoms with E-state index in [4.69, 9.17) is 4.74 Å². The summed E-state index contributed by atoms with van der Waals surface area (Å²) in [5.41, 5.74) is 0.276. The van der Waals surface area contributed by atoms with Crippen molar-refractivity contribution in [3.05, 3.63) is 35.9 Å². The molecule has 2 fully saturated rings. The molecule has 1 aromatic heterocycles. The van der Waals surface area contributed by atoms with Crippen LogP contribution in [-0.4, -0.2) is 112 Å². The minimum absolute atomic E-state index is 0.0496. The number of aliphatic hydroxyl groups excluding tert-OH is 1. The third kappa shape index (κ3) is 7.18. The molecular weight excluding hydrogens is 537 g/mol. The average molecular weight is 586 g/mol. The van der Waals surface area contributed by atoms with Crippen molar-refractivity contribution in [1.29, 1.82) is 0 Å². The lowest BCUT2D eigenvalue weighted by Gasteiger charge is -2.53. The van der Waals surface area contributed by atoms with Crippen molar-refractivity contribution < 1.29 is 19.0 Å². The smallest absolute Gasteiger partial charge is 0.282 e. The SMILES string of the molecule is CCN(C)C[C@@H](O)C[C@H](C(C)C)N1CC2(CCN(c3ncnnc3Oc3ccc(F)cc3C(=O)N(CC)C(C)C)C2)C1. The first-order valence-corrected chi connectivity index (χ1v) is 15.3. The molecule has 2 aromatic rings. The van der Waals surface area contributed by atoms with Gasteiger partial charge in [0.05, 0.1) is 11.7 Å². The Labute approximate surface area is 249 Å². The first-order valence-electron chi connectivity index (χ1n) is 15.3. The van der Waals surface area contributed by atoms with Gasteiger partial charge in [0.15, 0.2) is 5.82 Å². The zero-order chi connectivity index (χ0) is 30.6. The molecule has 0 bridgehead atoms. The molecule has 1 spiro atoms. The topological polar surface area (TPSA) is 98.2 Å². The summed E-state index contributed by atoms with van der Waals surface area (Å²) in [5, 5.41) is 18.9. The molecule has 232 valence electrons. The number of nitrogens with zero attached hydrogens (tertiary/aromatic N) is 7. The van der Waals surface area contributed by atoms with Crippen LogP contribution in [0.2, 0.25) is 0 Å². The van der Waals surface area contributed by atoms with E-state index in [2.05, 4.69) is 50.7 Å². The highest BCUT2D eigenvalue weighted by molar-refractivity contribution is 5.97. The van der Waals surface area contributed by atoms with Gasteiger partial charge >= 0.3 is 0 Å². The molecule has 2 atom stereocenters. The Morgan fingerprint density at radius 3 is 2.55 bits per heavy atom. The maximum Gasteiger partial charge on any atom is 0.282 e. The number of likely N-dealkylation sites (N-methyl/N-ethyl adjacent to an activating group) is 1. The molecule has 0 saturated carbocycles. The number of ether oxygens (including phenoxy) is 1. The Kier molecular flexibility index (Phi) is 10.4. The van der Waals surface area contributed by atoms with E-state index in [1.165, 1.54) is 24.5 Å². The van der Waals surface area contributed by atoms with Gasteiger partial charge in [0.2, 0.25) is 0 Å². The van der Waals surface area contributed by atoms with Crippen LogP contribution in [-0.2, 0) is 0 Å². The minimum atomic E-state index is -0.511. The number of hydrogen-bond acceptors (Lipinski definition) is 9. The van der Waals surface area contributed by atoms with Crippen molar-refractivity contribution in [2.45, 2.75) is 72.6 Å². The molecule has 0 aliphatic carbocycles. The standard InChI is InChI=1S/C31H48FN7O3/c1-8-36(7)16-24(40)15-26(21(3)4)38-18-31(19-38)12-13-37(17-31)28-29(35-34-20-33-28)42-27-11-10-23(32)14-25(27)30(41)39(9-2)22(5)6/h10-11,14,20-22,24,26,40H,8-9,12-13,15-19H2,1-7H3/t24-,26+/m0/s1. The van der Waals surface area contributed by atoms with Gasteiger partial charge in [-0.15, -0.1) is 10.2 Å². The van der Waals surface area contributed by atoms with Gasteiger partial charge in [-0.3, -0.25) is 9.69 Å². The van der Waals surface area contributed by atoms with Gasteiger partial charge in [-0.1, -0.05) is 20.8 Å². The molecule has 2 saturated heterocycles. The van der Waals surface area contributed by atoms with E-state index < -0.39 is 5.82 Å². The van der Waals surface area contributed by atoms with Crippen molar-refractivity contribution in [2.24, 2.45) is 11.3 Å². The molecule has 2 aliphatic rings. The highest BCUT2D eigenvalue weighted by atomic mass is 19.1. The number of benzene rings is 1. The van der Waals surface area contributed by atoms with Gasteiger partial charge in [0.25, 0.3) is 11.8 Å². The summed E-state index contributed by atoms with van der Waals surface area (Å²) in [4.78, 5) is 26.3. The van der Waals surface area contributed by atoms with Crippen LogP contribution in [0.3, 0.4) is 0 Å². The molecule has 1 N–H and O–H groups in total. The van der Waals surface area contributed by atoms with Crippen molar-refractivity contribution in [3.8, 4) is 11.6 Å². The van der Waals surface area contributed by atoms with E-state index in [0.29, 0.717) is 30.9 Å². The Hall–Kier alpha value is -2.89. The fraction of sp³-hybridized carbons (Fsp3) is 0.677. The second kappa shape index (κ2) is 13.6. The first-order chi connectivity index (χ1) is 20.0. The molecule has 0 radical (unpaired) electrons. The van der Waals surface area contributed by atoms with Crippen molar-refractivity contribution >= 4 is 11.7 Å². The van der Waals surface area contributed by atoms with Crippen LogP contribution in [0.4, 0.5) is 10.2 Å². The third-order valence-electron chi connectivity index (χ3n) is 8.80. The normalized spacial score (nSPS) is 18.1. The average Bonchev–Trinajstić information content (AvgIpc) is 3.38. The van der Waals surface area contributed by atoms with Gasteiger partial charge in [0, 0.05) is 56.8 Å². The van der Waals surface area contributed by atoms with Gasteiger partial charge in [-0.2, -0.15) is 0 Å². The van der Waals surface area contributed by atoms with Gasteiger partial charge in [-0.25, -0.2) is 9.37 Å². The zero-order valence-corrected chi connectivity index (χ0v) is 26.3. The van der Waals surface area contributed by atoms with Crippen LogP contribution in [0.25, 0.3) is 0 Å². The quantitative estimate of drug-likeness (QED) is 0.375. The fourth-order valence-corrected chi connectivity index (χ4v) is 6.41. The number of aliphatic hydroxyl groups is 1. The van der Waals surface area contributed by atoms with E-state index in [1.54, 1.807) is 4.90 Å². The Morgan fingerprint density at radius 1 is 1.17 bits per heavy atom. The summed E-state index contributed by atoms with van der Waals surface area (Å²) >= 11 is 0. The Balaban J connectivity index is 1.46. The van der Waals surface area contributed by atoms with E-state index in [1.807, 2.05) is 27.8 Å². The highest BCUT2D eigenvalue weighted by Crippen LogP contribution is 2.44.